The molecule has 5 atom stereocenters. The molecule has 0 heterocycles. The highest BCUT2D eigenvalue weighted by atomic mass is 16.6. The first kappa shape index (κ1) is 46.1. The van der Waals surface area contributed by atoms with Crippen molar-refractivity contribution in [2.45, 2.75) is 109 Å². The number of nitrogens with zero attached hydrogens (tertiary/aromatic N) is 1. The largest absolute Gasteiger partial charge is 0.502 e. The number of carboxylic acid groups (broad SMARTS) is 1. The van der Waals surface area contributed by atoms with Gasteiger partial charge in [-0.3, -0.25) is 34.1 Å². The molecule has 0 aromatic heterocycles. The lowest BCUT2D eigenvalue weighted by Gasteiger charge is -2.26. The molecule has 8 N–H and O–H groups in total. The number of nitro groups is 1. The quantitative estimate of drug-likeness (QED) is 0.0372. The molecule has 0 spiro atoms. The van der Waals surface area contributed by atoms with E-state index in [1.165, 1.54) is 6.07 Å². The Bertz CT molecular complexity index is 1860. The molecule has 3 aromatic carbocycles. The molecule has 0 saturated carbocycles. The molecule has 0 aliphatic rings. The molecule has 0 radical (unpaired) electrons. The van der Waals surface area contributed by atoms with Crippen molar-refractivity contribution in [2.75, 3.05) is 0 Å². The number of amides is 5. The van der Waals surface area contributed by atoms with Crippen molar-refractivity contribution in [1.82, 2.24) is 21.3 Å². The van der Waals surface area contributed by atoms with Crippen molar-refractivity contribution >= 4 is 41.2 Å². The number of aromatic hydroxyl groups is 1. The molecule has 5 amide bonds. The number of hydrogen-bond acceptors (Lipinski definition) is 9. The number of unbranched alkanes of at least 4 members (excludes halogenated alkanes) is 4. The van der Waals surface area contributed by atoms with Crippen LogP contribution >= 0.6 is 0 Å². The Balaban J connectivity index is 1.50. The van der Waals surface area contributed by atoms with Gasteiger partial charge in [0.25, 0.3) is 0 Å². The number of benzene rings is 3. The zero-order valence-corrected chi connectivity index (χ0v) is 32.9. The molecule has 58 heavy (non-hydrogen) atoms. The second-order valence-electron chi connectivity index (χ2n) is 14.3. The number of aliphatic carboxylic acids is 1. The Kier molecular flexibility index (Phi) is 18.8. The summed E-state index contributed by atoms with van der Waals surface area (Å²) in [5, 5.41) is 41.7. The van der Waals surface area contributed by atoms with E-state index >= 15 is 0 Å². The molecule has 0 fully saturated rings. The number of nitrogens with one attached hydrogen (secondary N) is 4. The van der Waals surface area contributed by atoms with E-state index in [4.69, 9.17) is 5.73 Å². The summed E-state index contributed by atoms with van der Waals surface area (Å²) in [5.41, 5.74) is 6.75. The molecule has 16 nitrogen and oxygen atoms in total. The number of hydrogen-bond donors (Lipinski definition) is 7. The van der Waals surface area contributed by atoms with Gasteiger partial charge in [0, 0.05) is 38.2 Å². The molecular weight excluding hydrogens is 748 g/mol. The van der Waals surface area contributed by atoms with Crippen LogP contribution in [0.4, 0.5) is 5.69 Å². The Morgan fingerprint density at radius 2 is 1.17 bits per heavy atom. The number of primary amides is 1. The van der Waals surface area contributed by atoms with Gasteiger partial charge >= 0.3 is 11.7 Å². The molecule has 0 bridgehead atoms. The lowest BCUT2D eigenvalue weighted by molar-refractivity contribution is -0.385. The third-order valence-electron chi connectivity index (χ3n) is 9.79. The fourth-order valence-electron chi connectivity index (χ4n) is 6.26. The van der Waals surface area contributed by atoms with Crippen LogP contribution < -0.4 is 27.0 Å². The van der Waals surface area contributed by atoms with Crippen molar-refractivity contribution in [1.29, 1.82) is 0 Å². The highest BCUT2D eigenvalue weighted by Gasteiger charge is 2.30. The first-order valence-electron chi connectivity index (χ1n) is 19.4. The summed E-state index contributed by atoms with van der Waals surface area (Å²) in [7, 11) is 0. The summed E-state index contributed by atoms with van der Waals surface area (Å²) >= 11 is 0. The molecule has 0 aliphatic carbocycles. The summed E-state index contributed by atoms with van der Waals surface area (Å²) < 4.78 is 0. The molecule has 312 valence electrons. The van der Waals surface area contributed by atoms with E-state index in [0.717, 1.165) is 17.7 Å². The summed E-state index contributed by atoms with van der Waals surface area (Å²) in [6, 6.07) is 17.0. The number of carboxylic acids is 1. The van der Waals surface area contributed by atoms with Gasteiger partial charge in [-0.15, -0.1) is 0 Å². The van der Waals surface area contributed by atoms with Crippen LogP contribution in [-0.4, -0.2) is 74.8 Å². The van der Waals surface area contributed by atoms with Gasteiger partial charge in [0.2, 0.25) is 29.5 Å². The first-order valence-corrected chi connectivity index (χ1v) is 19.4. The molecule has 0 unspecified atom stereocenters. The monoisotopic (exact) mass is 802 g/mol. The Morgan fingerprint density at radius 3 is 1.69 bits per heavy atom. The van der Waals surface area contributed by atoms with Crippen LogP contribution in [0.5, 0.6) is 5.75 Å². The third-order valence-corrected chi connectivity index (χ3v) is 9.79. The number of nitrogens with two attached hydrogens (primary N) is 1. The zero-order valence-electron chi connectivity index (χ0n) is 32.9. The van der Waals surface area contributed by atoms with Gasteiger partial charge in [0.1, 0.15) is 24.2 Å². The maximum Gasteiger partial charge on any atom is 0.326 e. The minimum absolute atomic E-state index is 0.0186. The van der Waals surface area contributed by atoms with Gasteiger partial charge in [-0.05, 0) is 41.5 Å². The topological polar surface area (TPSA) is 260 Å². The molecular formula is C42H54N6O10. The lowest BCUT2D eigenvalue weighted by Crippen LogP contribution is -2.55. The maximum atomic E-state index is 13.4. The van der Waals surface area contributed by atoms with Crippen LogP contribution in [0, 0.1) is 16.0 Å². The van der Waals surface area contributed by atoms with E-state index in [-0.39, 0.29) is 49.5 Å². The first-order chi connectivity index (χ1) is 27.7. The molecule has 0 saturated heterocycles. The van der Waals surface area contributed by atoms with Crippen molar-refractivity contribution in [3.05, 3.63) is 106 Å². The van der Waals surface area contributed by atoms with Crippen molar-refractivity contribution < 1.29 is 43.9 Å². The average Bonchev–Trinajstić information content (AvgIpc) is 3.19. The van der Waals surface area contributed by atoms with Gasteiger partial charge in [-0.25, -0.2) is 4.79 Å². The standard InChI is InChI=1S/C42H54N6O10/c1-3-27(2)38(41(54)45-31(39(43)52)23-28-15-9-7-10-16-28)47-37(51)20-14-6-4-5-13-19-36(50)44-32(25-30-21-22-35(49)34(26-30)48(57)58)40(53)46-33(42(55)56)24-29-17-11-8-12-18-29/h7-12,15-18,21-22,26-27,31-33,38,49H,3-6,13-14,19-20,23-25H2,1-2H3,(H2,43,52)(H,44,50)(H,45,54)(H,46,53)(H,47,51)(H,55,56)/t27-,31+,32+,33+,38+/m1/s1. The van der Waals surface area contributed by atoms with Crippen LogP contribution in [0.25, 0.3) is 0 Å². The lowest BCUT2D eigenvalue weighted by atomic mass is 9.97. The highest BCUT2D eigenvalue weighted by Crippen LogP contribution is 2.27. The van der Waals surface area contributed by atoms with Gasteiger partial charge in [-0.1, -0.05) is 106 Å². The SMILES string of the molecule is CC[C@@H](C)[C@H](NC(=O)CCCCCCCC(=O)N[C@@H](Cc1ccc(O)c([N+](=O)[O-])c1)C(=O)N[C@@H](Cc1ccccc1)C(=O)O)C(=O)N[C@@H](Cc1ccccc1)C(N)=O. The number of nitro benzene ring substituents is 1. The highest BCUT2D eigenvalue weighted by molar-refractivity contribution is 5.92. The third kappa shape index (κ3) is 15.7. The van der Waals surface area contributed by atoms with Gasteiger partial charge in [0.05, 0.1) is 4.92 Å². The zero-order chi connectivity index (χ0) is 42.6. The summed E-state index contributed by atoms with van der Waals surface area (Å²) in [5.74, 6) is -4.82. The summed E-state index contributed by atoms with van der Waals surface area (Å²) in [4.78, 5) is 87.4. The van der Waals surface area contributed by atoms with E-state index in [9.17, 15) is 49.1 Å². The second-order valence-corrected chi connectivity index (χ2v) is 14.3. The molecule has 0 aliphatic heterocycles. The maximum absolute atomic E-state index is 13.4. The van der Waals surface area contributed by atoms with Crippen LogP contribution in [0.1, 0.15) is 81.9 Å². The fourth-order valence-corrected chi connectivity index (χ4v) is 6.26. The number of phenols is 1. The molecule has 3 aromatic rings. The predicted molar refractivity (Wildman–Crippen MR) is 215 cm³/mol. The number of carbonyl (C=O) groups excluding carboxylic acids is 5. The van der Waals surface area contributed by atoms with E-state index in [2.05, 4.69) is 21.3 Å². The van der Waals surface area contributed by atoms with Crippen LogP contribution in [-0.2, 0) is 48.0 Å². The minimum Gasteiger partial charge on any atom is -0.502 e. The number of rotatable bonds is 25. The Morgan fingerprint density at radius 1 is 0.672 bits per heavy atom. The van der Waals surface area contributed by atoms with Crippen molar-refractivity contribution in [3.63, 3.8) is 0 Å². The predicted octanol–water partition coefficient (Wildman–Crippen LogP) is 3.61. The smallest absolute Gasteiger partial charge is 0.326 e. The second kappa shape index (κ2) is 23.7. The van der Waals surface area contributed by atoms with Gasteiger partial charge < -0.3 is 37.2 Å². The normalized spacial score (nSPS) is 13.5. The fraction of sp³-hybridized carbons (Fsp3) is 0.429. The van der Waals surface area contributed by atoms with Crippen molar-refractivity contribution in [2.24, 2.45) is 11.7 Å². The Labute approximate surface area is 337 Å². The minimum atomic E-state index is -1.32. The van der Waals surface area contributed by atoms with E-state index in [0.29, 0.717) is 44.1 Å². The van der Waals surface area contributed by atoms with Crippen molar-refractivity contribution in [3.8, 4) is 5.75 Å². The average molecular weight is 803 g/mol. The number of carbonyl (C=O) groups is 6. The summed E-state index contributed by atoms with van der Waals surface area (Å²) in [6.45, 7) is 3.73. The Hall–Kier alpha value is -6.32. The van der Waals surface area contributed by atoms with Crippen LogP contribution in [0.2, 0.25) is 0 Å². The number of phenolic OH excluding ortho intramolecular Hbond substituents is 1. The van der Waals surface area contributed by atoms with E-state index in [1.807, 2.05) is 44.2 Å². The molecule has 3 rings (SSSR count). The van der Waals surface area contributed by atoms with Gasteiger partial charge in [0.15, 0.2) is 5.75 Å². The molecule has 16 heteroatoms. The summed E-state index contributed by atoms with van der Waals surface area (Å²) in [6.07, 6.45) is 3.75. The van der Waals surface area contributed by atoms with E-state index in [1.54, 1.807) is 30.3 Å². The van der Waals surface area contributed by atoms with Gasteiger partial charge in [-0.2, -0.15) is 0 Å². The van der Waals surface area contributed by atoms with Crippen LogP contribution in [0.15, 0.2) is 78.9 Å². The van der Waals surface area contributed by atoms with E-state index < -0.39 is 70.1 Å². The van der Waals surface area contributed by atoms with Crippen LogP contribution in [0.3, 0.4) is 0 Å².